The maximum absolute atomic E-state index is 13.4. The Morgan fingerprint density at radius 1 is 0.919 bits per heavy atom. The van der Waals surface area contributed by atoms with Gasteiger partial charge in [0, 0.05) is 31.5 Å². The molecule has 3 aromatic rings. The lowest BCUT2D eigenvalue weighted by Gasteiger charge is -2.26. The minimum Gasteiger partial charge on any atom is -0.507 e. The van der Waals surface area contributed by atoms with Crippen LogP contribution in [0.4, 0.5) is 11.4 Å². The number of benzene rings is 3. The first-order chi connectivity index (χ1) is 17.8. The zero-order chi connectivity index (χ0) is 26.7. The predicted octanol–water partition coefficient (Wildman–Crippen LogP) is 4.79. The number of Topliss-reactive ketones (excluding diaryl/α,β-unsaturated/α-hetero) is 1. The van der Waals surface area contributed by atoms with Crippen LogP contribution < -0.4 is 24.0 Å². The second-order valence-electron chi connectivity index (χ2n) is 8.65. The van der Waals surface area contributed by atoms with E-state index in [-0.39, 0.29) is 16.9 Å². The molecule has 0 aromatic heterocycles. The number of hydrogen-bond acceptors (Lipinski definition) is 7. The van der Waals surface area contributed by atoms with Gasteiger partial charge in [-0.15, -0.1) is 0 Å². The standard InChI is InChI=1S/C29H30N2O6/c1-6-37-21-13-11-20(12-14-21)31-26(18-7-9-19(10-8-18)30(2)3)25(28(33)29(31)34)27(32)23-16-15-22(35-4)17-24(23)36-5/h7-17,26,32H,6H2,1-5H3/b27-25-. The number of aliphatic hydroxyl groups is 1. The Morgan fingerprint density at radius 2 is 1.57 bits per heavy atom. The number of anilines is 2. The summed E-state index contributed by atoms with van der Waals surface area (Å²) < 4.78 is 16.2. The van der Waals surface area contributed by atoms with Crippen molar-refractivity contribution in [1.29, 1.82) is 0 Å². The Bertz CT molecular complexity index is 1330. The van der Waals surface area contributed by atoms with E-state index in [1.165, 1.54) is 19.1 Å². The average molecular weight is 503 g/mol. The average Bonchev–Trinajstić information content (AvgIpc) is 3.18. The van der Waals surface area contributed by atoms with Crippen molar-refractivity contribution in [2.45, 2.75) is 13.0 Å². The summed E-state index contributed by atoms with van der Waals surface area (Å²) in [6.07, 6.45) is 0. The smallest absolute Gasteiger partial charge is 0.300 e. The van der Waals surface area contributed by atoms with E-state index in [1.807, 2.05) is 50.2 Å². The molecule has 1 saturated heterocycles. The van der Waals surface area contributed by atoms with Gasteiger partial charge in [-0.3, -0.25) is 14.5 Å². The zero-order valence-corrected chi connectivity index (χ0v) is 21.5. The lowest BCUT2D eigenvalue weighted by atomic mass is 9.94. The SMILES string of the molecule is CCOc1ccc(N2C(=O)C(=O)/C(=C(\O)c3ccc(OC)cc3OC)C2c2ccc(N(C)C)cc2)cc1. The Labute approximate surface area is 216 Å². The van der Waals surface area contributed by atoms with E-state index in [4.69, 9.17) is 14.2 Å². The summed E-state index contributed by atoms with van der Waals surface area (Å²) in [5, 5.41) is 11.5. The van der Waals surface area contributed by atoms with Gasteiger partial charge in [-0.25, -0.2) is 0 Å². The number of carbonyl (C=O) groups excluding carboxylic acids is 2. The minimum absolute atomic E-state index is 0.0278. The van der Waals surface area contributed by atoms with Crippen LogP contribution in [0.5, 0.6) is 17.2 Å². The van der Waals surface area contributed by atoms with Gasteiger partial charge in [-0.05, 0) is 61.0 Å². The molecule has 8 heteroatoms. The van der Waals surface area contributed by atoms with Crippen molar-refractivity contribution in [3.8, 4) is 17.2 Å². The number of ether oxygens (including phenoxy) is 3. The monoisotopic (exact) mass is 502 g/mol. The molecule has 4 rings (SSSR count). The molecular weight excluding hydrogens is 472 g/mol. The van der Waals surface area contributed by atoms with Crippen LogP contribution in [-0.2, 0) is 9.59 Å². The summed E-state index contributed by atoms with van der Waals surface area (Å²) in [5.41, 5.74) is 2.39. The van der Waals surface area contributed by atoms with E-state index < -0.39 is 17.7 Å². The van der Waals surface area contributed by atoms with E-state index in [2.05, 4.69) is 0 Å². The summed E-state index contributed by atoms with van der Waals surface area (Å²) in [7, 11) is 6.84. The maximum atomic E-state index is 13.4. The van der Waals surface area contributed by atoms with Crippen LogP contribution in [0.25, 0.3) is 5.76 Å². The van der Waals surface area contributed by atoms with Crippen molar-refractivity contribution in [2.24, 2.45) is 0 Å². The summed E-state index contributed by atoms with van der Waals surface area (Å²) >= 11 is 0. The van der Waals surface area contributed by atoms with E-state index >= 15 is 0 Å². The van der Waals surface area contributed by atoms with Crippen LogP contribution in [0.2, 0.25) is 0 Å². The highest BCUT2D eigenvalue weighted by Crippen LogP contribution is 2.44. The van der Waals surface area contributed by atoms with Crippen LogP contribution in [0.15, 0.2) is 72.3 Å². The summed E-state index contributed by atoms with van der Waals surface area (Å²) in [4.78, 5) is 30.2. The second-order valence-corrected chi connectivity index (χ2v) is 8.65. The highest BCUT2D eigenvalue weighted by atomic mass is 16.5. The van der Waals surface area contributed by atoms with Crippen LogP contribution in [0.3, 0.4) is 0 Å². The second kappa shape index (κ2) is 10.7. The van der Waals surface area contributed by atoms with Crippen molar-refractivity contribution < 1.29 is 28.9 Å². The molecule has 0 spiro atoms. The van der Waals surface area contributed by atoms with Gasteiger partial charge in [-0.2, -0.15) is 0 Å². The molecule has 1 fully saturated rings. The third kappa shape index (κ3) is 4.82. The number of amides is 1. The summed E-state index contributed by atoms with van der Waals surface area (Å²) in [5.74, 6) is -0.360. The number of aliphatic hydroxyl groups excluding tert-OH is 1. The molecule has 1 atom stereocenters. The lowest BCUT2D eigenvalue weighted by Crippen LogP contribution is -2.29. The van der Waals surface area contributed by atoms with Crippen LogP contribution in [0.1, 0.15) is 24.1 Å². The largest absolute Gasteiger partial charge is 0.507 e. The summed E-state index contributed by atoms with van der Waals surface area (Å²) in [6.45, 7) is 2.39. The topological polar surface area (TPSA) is 88.5 Å². The molecule has 8 nitrogen and oxygen atoms in total. The quantitative estimate of drug-likeness (QED) is 0.269. The Hall–Kier alpha value is -4.46. The summed E-state index contributed by atoms with van der Waals surface area (Å²) in [6, 6.07) is 18.5. The molecule has 1 aliphatic heterocycles. The van der Waals surface area contributed by atoms with Crippen LogP contribution >= 0.6 is 0 Å². The Morgan fingerprint density at radius 3 is 2.14 bits per heavy atom. The molecule has 0 saturated carbocycles. The Balaban J connectivity index is 1.91. The van der Waals surface area contributed by atoms with Crippen molar-refractivity contribution in [3.63, 3.8) is 0 Å². The normalized spacial score (nSPS) is 16.6. The number of ketones is 1. The molecule has 1 unspecified atom stereocenters. The van der Waals surface area contributed by atoms with E-state index in [0.29, 0.717) is 35.1 Å². The first-order valence-electron chi connectivity index (χ1n) is 11.8. The van der Waals surface area contributed by atoms with Gasteiger partial charge in [0.05, 0.1) is 38.0 Å². The number of rotatable bonds is 8. The molecule has 1 amide bonds. The minimum atomic E-state index is -0.860. The third-order valence-electron chi connectivity index (χ3n) is 6.26. The van der Waals surface area contributed by atoms with Crippen molar-refractivity contribution in [3.05, 3.63) is 83.4 Å². The molecule has 0 bridgehead atoms. The van der Waals surface area contributed by atoms with E-state index in [0.717, 1.165) is 5.69 Å². The molecule has 192 valence electrons. The predicted molar refractivity (Wildman–Crippen MR) is 143 cm³/mol. The molecule has 1 N–H and O–H groups in total. The number of methoxy groups -OCH3 is 2. The van der Waals surface area contributed by atoms with Gasteiger partial charge < -0.3 is 24.2 Å². The van der Waals surface area contributed by atoms with Crippen molar-refractivity contribution in [1.82, 2.24) is 0 Å². The van der Waals surface area contributed by atoms with E-state index in [9.17, 15) is 14.7 Å². The fourth-order valence-electron chi connectivity index (χ4n) is 4.38. The molecule has 0 aliphatic carbocycles. The molecular formula is C29H30N2O6. The molecule has 3 aromatic carbocycles. The maximum Gasteiger partial charge on any atom is 0.300 e. The molecule has 1 heterocycles. The van der Waals surface area contributed by atoms with Crippen molar-refractivity contribution in [2.75, 3.05) is 44.7 Å². The Kier molecular flexibility index (Phi) is 7.38. The van der Waals surface area contributed by atoms with Gasteiger partial charge in [0.25, 0.3) is 11.7 Å². The fourth-order valence-corrected chi connectivity index (χ4v) is 4.38. The van der Waals surface area contributed by atoms with Crippen molar-refractivity contribution >= 4 is 28.8 Å². The van der Waals surface area contributed by atoms with Crippen LogP contribution in [0, 0.1) is 0 Å². The van der Waals surface area contributed by atoms with Crippen LogP contribution in [-0.4, -0.2) is 51.7 Å². The number of nitrogens with zero attached hydrogens (tertiary/aromatic N) is 2. The zero-order valence-electron chi connectivity index (χ0n) is 21.5. The van der Waals surface area contributed by atoms with Gasteiger partial charge in [-0.1, -0.05) is 12.1 Å². The molecule has 1 aliphatic rings. The van der Waals surface area contributed by atoms with Gasteiger partial charge in [0.15, 0.2) is 0 Å². The highest BCUT2D eigenvalue weighted by Gasteiger charge is 2.47. The van der Waals surface area contributed by atoms with E-state index in [1.54, 1.807) is 42.5 Å². The van der Waals surface area contributed by atoms with Gasteiger partial charge in [0.2, 0.25) is 0 Å². The third-order valence-corrected chi connectivity index (χ3v) is 6.26. The van der Waals surface area contributed by atoms with Gasteiger partial charge >= 0.3 is 0 Å². The first-order valence-corrected chi connectivity index (χ1v) is 11.8. The van der Waals surface area contributed by atoms with Gasteiger partial charge in [0.1, 0.15) is 23.0 Å². The first kappa shape index (κ1) is 25.6. The highest BCUT2D eigenvalue weighted by molar-refractivity contribution is 6.51. The number of hydrogen-bond donors (Lipinski definition) is 1. The lowest BCUT2D eigenvalue weighted by molar-refractivity contribution is -0.132. The molecule has 0 radical (unpaired) electrons. The fraction of sp³-hybridized carbons (Fsp3) is 0.241. The molecule has 37 heavy (non-hydrogen) atoms. The number of carbonyl (C=O) groups is 2.